The van der Waals surface area contributed by atoms with E-state index in [0.29, 0.717) is 24.3 Å². The quantitative estimate of drug-likeness (QED) is 0.507. The van der Waals surface area contributed by atoms with Crippen LogP contribution >= 0.6 is 57.1 Å². The molecule has 2 aromatic rings. The Morgan fingerprint density at radius 1 is 1.38 bits per heavy atom. The van der Waals surface area contributed by atoms with Crippen molar-refractivity contribution in [1.82, 2.24) is 10.2 Å². The number of aryl methyl sites for hydroxylation is 1. The van der Waals surface area contributed by atoms with E-state index in [9.17, 15) is 4.79 Å². The second kappa shape index (κ2) is 7.71. The summed E-state index contributed by atoms with van der Waals surface area (Å²) >= 11 is 15.4. The molecule has 1 N–H and O–H groups in total. The summed E-state index contributed by atoms with van der Waals surface area (Å²) in [6.45, 7) is 2.12. The highest BCUT2D eigenvalue weighted by Gasteiger charge is 2.16. The van der Waals surface area contributed by atoms with Crippen molar-refractivity contribution in [3.8, 4) is 0 Å². The maximum atomic E-state index is 12.3. The summed E-state index contributed by atoms with van der Waals surface area (Å²) in [5, 5.41) is 13.1. The van der Waals surface area contributed by atoms with Gasteiger partial charge in [-0.25, -0.2) is 0 Å². The second-order valence-electron chi connectivity index (χ2n) is 4.31. The molecule has 0 bridgehead atoms. The van der Waals surface area contributed by atoms with Crippen molar-refractivity contribution in [1.29, 1.82) is 0 Å². The van der Waals surface area contributed by atoms with Crippen molar-refractivity contribution < 1.29 is 4.79 Å². The Hall–Kier alpha value is -0.440. The van der Waals surface area contributed by atoms with Gasteiger partial charge in [-0.3, -0.25) is 10.1 Å². The van der Waals surface area contributed by atoms with Gasteiger partial charge in [-0.05, 0) is 41.1 Å². The van der Waals surface area contributed by atoms with Crippen molar-refractivity contribution in [2.24, 2.45) is 0 Å². The number of unbranched alkanes of at least 4 members (excludes halogenated alkanes) is 1. The third kappa shape index (κ3) is 4.51. The van der Waals surface area contributed by atoms with Gasteiger partial charge < -0.3 is 0 Å². The standard InChI is InChI=1S/C13H12Cl2IN3OS/c1-2-3-4-10-18-19-13(21-10)17-12(20)8-5-7(14)6-9(15)11(8)16/h5-6H,2-4H2,1H3,(H,17,19,20). The van der Waals surface area contributed by atoms with Crippen LogP contribution in [-0.2, 0) is 6.42 Å². The minimum Gasteiger partial charge on any atom is -0.296 e. The predicted octanol–water partition coefficient (Wildman–Crippen LogP) is 5.04. The first-order valence-electron chi connectivity index (χ1n) is 6.29. The zero-order valence-corrected chi connectivity index (χ0v) is 15.6. The maximum Gasteiger partial charge on any atom is 0.258 e. The number of hydrogen-bond acceptors (Lipinski definition) is 4. The van der Waals surface area contributed by atoms with Gasteiger partial charge in [-0.2, -0.15) is 0 Å². The fourth-order valence-corrected chi connectivity index (χ4v) is 3.45. The van der Waals surface area contributed by atoms with Crippen LogP contribution in [0.3, 0.4) is 0 Å². The van der Waals surface area contributed by atoms with Gasteiger partial charge in [-0.1, -0.05) is 47.9 Å². The fraction of sp³-hybridized carbons (Fsp3) is 0.308. The summed E-state index contributed by atoms with van der Waals surface area (Å²) in [4.78, 5) is 12.3. The minimum atomic E-state index is -0.290. The number of hydrogen-bond donors (Lipinski definition) is 1. The van der Waals surface area contributed by atoms with Crippen LogP contribution < -0.4 is 5.32 Å². The van der Waals surface area contributed by atoms with Crippen LogP contribution in [0.15, 0.2) is 12.1 Å². The Bertz CT molecular complexity index is 663. The molecule has 0 unspecified atom stereocenters. The lowest BCUT2D eigenvalue weighted by atomic mass is 10.2. The molecular formula is C13H12Cl2IN3OS. The molecule has 0 aliphatic carbocycles. The maximum absolute atomic E-state index is 12.3. The van der Waals surface area contributed by atoms with Crippen LogP contribution in [-0.4, -0.2) is 16.1 Å². The third-order valence-corrected chi connectivity index (χ3v) is 5.56. The van der Waals surface area contributed by atoms with Gasteiger partial charge in [0.1, 0.15) is 5.01 Å². The first kappa shape index (κ1) is 16.9. The first-order chi connectivity index (χ1) is 10.0. The van der Waals surface area contributed by atoms with E-state index in [1.165, 1.54) is 11.3 Å². The van der Waals surface area contributed by atoms with E-state index >= 15 is 0 Å². The van der Waals surface area contributed by atoms with Crippen LogP contribution in [0.4, 0.5) is 5.13 Å². The van der Waals surface area contributed by atoms with Crippen molar-refractivity contribution in [2.45, 2.75) is 26.2 Å². The van der Waals surface area contributed by atoms with E-state index in [-0.39, 0.29) is 5.91 Å². The number of rotatable bonds is 5. The van der Waals surface area contributed by atoms with Crippen molar-refractivity contribution >= 4 is 68.2 Å². The lowest BCUT2D eigenvalue weighted by Crippen LogP contribution is -2.13. The van der Waals surface area contributed by atoms with E-state index in [0.717, 1.165) is 24.3 Å². The molecule has 0 spiro atoms. The molecule has 2 rings (SSSR count). The van der Waals surface area contributed by atoms with Gasteiger partial charge in [0.15, 0.2) is 0 Å². The molecule has 0 atom stereocenters. The van der Waals surface area contributed by atoms with E-state index in [4.69, 9.17) is 23.2 Å². The van der Waals surface area contributed by atoms with Gasteiger partial charge in [0.2, 0.25) is 5.13 Å². The molecule has 0 saturated heterocycles. The molecule has 21 heavy (non-hydrogen) atoms. The molecular weight excluding hydrogens is 444 g/mol. The molecule has 8 heteroatoms. The van der Waals surface area contributed by atoms with E-state index in [1.807, 2.05) is 22.6 Å². The molecule has 4 nitrogen and oxygen atoms in total. The van der Waals surface area contributed by atoms with Gasteiger partial charge >= 0.3 is 0 Å². The summed E-state index contributed by atoms with van der Waals surface area (Å²) in [7, 11) is 0. The first-order valence-corrected chi connectivity index (χ1v) is 8.94. The summed E-state index contributed by atoms with van der Waals surface area (Å²) in [6, 6.07) is 3.19. The largest absolute Gasteiger partial charge is 0.296 e. The summed E-state index contributed by atoms with van der Waals surface area (Å²) < 4.78 is 0.659. The van der Waals surface area contributed by atoms with Gasteiger partial charge in [-0.15, -0.1) is 10.2 Å². The molecule has 112 valence electrons. The second-order valence-corrected chi connectivity index (χ2v) is 7.29. The number of halogens is 3. The number of carbonyl (C=O) groups is 1. The number of benzene rings is 1. The molecule has 1 aromatic heterocycles. The smallest absolute Gasteiger partial charge is 0.258 e. The van der Waals surface area contributed by atoms with Crippen LogP contribution in [0.1, 0.15) is 35.1 Å². The van der Waals surface area contributed by atoms with E-state index in [2.05, 4.69) is 22.4 Å². The Morgan fingerprint density at radius 2 is 2.14 bits per heavy atom. The number of amides is 1. The zero-order chi connectivity index (χ0) is 15.4. The van der Waals surface area contributed by atoms with Crippen LogP contribution in [0, 0.1) is 3.57 Å². The highest BCUT2D eigenvalue weighted by molar-refractivity contribution is 14.1. The third-order valence-electron chi connectivity index (χ3n) is 2.67. The number of aromatic nitrogens is 2. The van der Waals surface area contributed by atoms with Crippen LogP contribution in [0.5, 0.6) is 0 Å². The number of carbonyl (C=O) groups excluding carboxylic acids is 1. The van der Waals surface area contributed by atoms with Crippen LogP contribution in [0.25, 0.3) is 0 Å². The molecule has 1 heterocycles. The Kier molecular flexibility index (Phi) is 6.21. The van der Waals surface area contributed by atoms with E-state index < -0.39 is 0 Å². The molecule has 1 aromatic carbocycles. The van der Waals surface area contributed by atoms with Crippen molar-refractivity contribution in [3.05, 3.63) is 36.3 Å². The Balaban J connectivity index is 2.13. The molecule has 1 amide bonds. The topological polar surface area (TPSA) is 54.9 Å². The monoisotopic (exact) mass is 455 g/mol. The molecule has 0 radical (unpaired) electrons. The van der Waals surface area contributed by atoms with Crippen LogP contribution in [0.2, 0.25) is 10.0 Å². The summed E-state index contributed by atoms with van der Waals surface area (Å²) in [6.07, 6.45) is 3.04. The molecule has 0 fully saturated rings. The molecule has 0 saturated carbocycles. The van der Waals surface area contributed by atoms with Gasteiger partial charge in [0.05, 0.1) is 10.6 Å². The number of anilines is 1. The highest BCUT2D eigenvalue weighted by Crippen LogP contribution is 2.28. The predicted molar refractivity (Wildman–Crippen MR) is 95.7 cm³/mol. The van der Waals surface area contributed by atoms with Crippen molar-refractivity contribution in [2.75, 3.05) is 5.32 Å². The average molecular weight is 456 g/mol. The number of nitrogens with one attached hydrogen (secondary N) is 1. The lowest BCUT2D eigenvalue weighted by Gasteiger charge is -2.06. The SMILES string of the molecule is CCCCc1nnc(NC(=O)c2cc(Cl)cc(Cl)c2I)s1. The Labute approximate surface area is 150 Å². The van der Waals surface area contributed by atoms with E-state index in [1.54, 1.807) is 12.1 Å². The average Bonchev–Trinajstić information content (AvgIpc) is 2.87. The lowest BCUT2D eigenvalue weighted by molar-refractivity contribution is 0.102. The molecule has 0 aliphatic heterocycles. The minimum absolute atomic E-state index is 0.290. The van der Waals surface area contributed by atoms with Gasteiger partial charge in [0, 0.05) is 15.0 Å². The van der Waals surface area contributed by atoms with Crippen molar-refractivity contribution in [3.63, 3.8) is 0 Å². The summed E-state index contributed by atoms with van der Waals surface area (Å²) in [5.41, 5.74) is 0.429. The fourth-order valence-electron chi connectivity index (χ4n) is 1.62. The normalized spacial score (nSPS) is 10.7. The summed E-state index contributed by atoms with van der Waals surface area (Å²) in [5.74, 6) is -0.290. The number of nitrogens with zero attached hydrogens (tertiary/aromatic N) is 2. The highest BCUT2D eigenvalue weighted by atomic mass is 127. The van der Waals surface area contributed by atoms with Gasteiger partial charge in [0.25, 0.3) is 5.91 Å². The Morgan fingerprint density at radius 3 is 2.86 bits per heavy atom. The zero-order valence-electron chi connectivity index (χ0n) is 11.1. The molecule has 0 aliphatic rings.